The van der Waals surface area contributed by atoms with Crippen molar-refractivity contribution in [1.29, 1.82) is 0 Å². The molecule has 0 N–H and O–H groups in total. The van der Waals surface area contributed by atoms with Crippen LogP contribution in [0.25, 0.3) is 0 Å². The van der Waals surface area contributed by atoms with Crippen LogP contribution in [0.4, 0.5) is 0 Å². The zero-order valence-electron chi connectivity index (χ0n) is 13.9. The molecular formula is C17H31NO. The van der Waals surface area contributed by atoms with Crippen LogP contribution >= 0.6 is 0 Å². The molecular weight excluding hydrogens is 234 g/mol. The maximum Gasteiger partial charge on any atom is 0.226 e. The van der Waals surface area contributed by atoms with E-state index in [0.29, 0.717) is 12.3 Å². The summed E-state index contributed by atoms with van der Waals surface area (Å²) in [5.74, 6) is 0.311. The van der Waals surface area contributed by atoms with Crippen molar-refractivity contribution in [2.24, 2.45) is 10.8 Å². The minimum atomic E-state index is 0.0924. The van der Waals surface area contributed by atoms with Gasteiger partial charge in [-0.25, -0.2) is 0 Å². The maximum atomic E-state index is 12.3. The number of carbonyl (C=O) groups is 1. The maximum absolute atomic E-state index is 12.3. The molecule has 0 aromatic rings. The molecule has 1 heterocycles. The van der Waals surface area contributed by atoms with E-state index in [9.17, 15) is 4.79 Å². The van der Waals surface area contributed by atoms with Gasteiger partial charge in [-0.05, 0) is 22.8 Å². The molecule has 0 spiro atoms. The van der Waals surface area contributed by atoms with Crippen LogP contribution in [0.3, 0.4) is 0 Å². The molecule has 19 heavy (non-hydrogen) atoms. The van der Waals surface area contributed by atoms with E-state index in [1.807, 2.05) is 0 Å². The van der Waals surface area contributed by atoms with E-state index in [-0.39, 0.29) is 10.8 Å². The van der Waals surface area contributed by atoms with Gasteiger partial charge in [0, 0.05) is 19.5 Å². The fourth-order valence-corrected chi connectivity index (χ4v) is 2.70. The quantitative estimate of drug-likeness (QED) is 0.692. The van der Waals surface area contributed by atoms with E-state index in [2.05, 4.69) is 53.4 Å². The lowest BCUT2D eigenvalue weighted by Gasteiger charge is -2.40. The number of unbranched alkanes of at least 4 members (excludes halogenated alkanes) is 1. The molecule has 0 atom stereocenters. The Morgan fingerprint density at radius 3 is 1.95 bits per heavy atom. The lowest BCUT2D eigenvalue weighted by molar-refractivity contribution is -0.131. The Hall–Kier alpha value is -0.790. The number of hydrogen-bond acceptors (Lipinski definition) is 1. The fourth-order valence-electron chi connectivity index (χ4n) is 2.70. The fraction of sp³-hybridized carbons (Fsp3) is 0.824. The number of amides is 1. The van der Waals surface area contributed by atoms with Crippen LogP contribution in [0.2, 0.25) is 0 Å². The van der Waals surface area contributed by atoms with Gasteiger partial charge in [0.05, 0.1) is 0 Å². The molecule has 1 aliphatic heterocycles. The molecule has 0 radical (unpaired) electrons. The first-order valence-corrected chi connectivity index (χ1v) is 7.58. The molecule has 1 rings (SSSR count). The third-order valence-electron chi connectivity index (χ3n) is 3.99. The van der Waals surface area contributed by atoms with E-state index >= 15 is 0 Å². The van der Waals surface area contributed by atoms with Crippen molar-refractivity contribution in [3.63, 3.8) is 0 Å². The predicted octanol–water partition coefficient (Wildman–Crippen LogP) is 4.41. The number of hydrogen-bond donors (Lipinski definition) is 0. The molecule has 0 aliphatic carbocycles. The zero-order chi connectivity index (χ0) is 14.8. The molecule has 0 saturated heterocycles. The first kappa shape index (κ1) is 16.3. The molecule has 0 aromatic heterocycles. The van der Waals surface area contributed by atoms with Gasteiger partial charge in [0.15, 0.2) is 0 Å². The minimum absolute atomic E-state index is 0.0924. The second kappa shape index (κ2) is 5.68. The highest BCUT2D eigenvalue weighted by molar-refractivity contribution is 5.81. The van der Waals surface area contributed by atoms with Crippen molar-refractivity contribution in [2.45, 2.75) is 67.7 Å². The summed E-state index contributed by atoms with van der Waals surface area (Å²) >= 11 is 0. The topological polar surface area (TPSA) is 20.3 Å². The summed E-state index contributed by atoms with van der Waals surface area (Å²) in [7, 11) is 0. The lowest BCUT2D eigenvalue weighted by Crippen LogP contribution is -2.42. The van der Waals surface area contributed by atoms with E-state index < -0.39 is 0 Å². The molecule has 1 amide bonds. The predicted molar refractivity (Wildman–Crippen MR) is 82.0 cm³/mol. The molecule has 1 aliphatic rings. The highest BCUT2D eigenvalue weighted by atomic mass is 16.2. The first-order valence-electron chi connectivity index (χ1n) is 7.58. The highest BCUT2D eigenvalue weighted by Crippen LogP contribution is 2.41. The van der Waals surface area contributed by atoms with Crippen molar-refractivity contribution in [1.82, 2.24) is 4.90 Å². The summed E-state index contributed by atoms with van der Waals surface area (Å²) in [5, 5.41) is 0. The van der Waals surface area contributed by atoms with Crippen LogP contribution in [0, 0.1) is 10.8 Å². The van der Waals surface area contributed by atoms with Gasteiger partial charge in [0.2, 0.25) is 5.91 Å². The highest BCUT2D eigenvalue weighted by Gasteiger charge is 2.35. The largest absolute Gasteiger partial charge is 0.338 e. The van der Waals surface area contributed by atoms with Gasteiger partial charge in [-0.15, -0.1) is 0 Å². The van der Waals surface area contributed by atoms with Gasteiger partial charge >= 0.3 is 0 Å². The second-order valence-corrected chi connectivity index (χ2v) is 7.80. The molecule has 0 saturated carbocycles. The molecule has 0 bridgehead atoms. The van der Waals surface area contributed by atoms with Crippen molar-refractivity contribution in [2.75, 3.05) is 13.1 Å². The first-order chi connectivity index (χ1) is 8.57. The van der Waals surface area contributed by atoms with Gasteiger partial charge in [-0.3, -0.25) is 4.79 Å². The Balaban J connectivity index is 3.09. The van der Waals surface area contributed by atoms with Crippen molar-refractivity contribution >= 4 is 5.91 Å². The van der Waals surface area contributed by atoms with E-state index in [0.717, 1.165) is 25.9 Å². The van der Waals surface area contributed by atoms with Gasteiger partial charge in [0.25, 0.3) is 0 Å². The van der Waals surface area contributed by atoms with Crippen LogP contribution < -0.4 is 0 Å². The van der Waals surface area contributed by atoms with Crippen LogP contribution in [0.15, 0.2) is 11.1 Å². The third-order valence-corrected chi connectivity index (χ3v) is 3.99. The Kier molecular flexibility index (Phi) is 4.86. The van der Waals surface area contributed by atoms with Crippen LogP contribution in [-0.2, 0) is 4.79 Å². The molecule has 0 aromatic carbocycles. The average molecular weight is 265 g/mol. The van der Waals surface area contributed by atoms with E-state index in [1.54, 1.807) is 0 Å². The summed E-state index contributed by atoms with van der Waals surface area (Å²) < 4.78 is 0. The molecule has 0 unspecified atom stereocenters. The monoisotopic (exact) mass is 265 g/mol. The summed E-state index contributed by atoms with van der Waals surface area (Å²) in [4.78, 5) is 14.4. The Morgan fingerprint density at radius 2 is 1.53 bits per heavy atom. The Labute approximate surface area is 119 Å². The number of rotatable bonds is 3. The molecule has 2 heteroatoms. The molecule has 110 valence electrons. The summed E-state index contributed by atoms with van der Waals surface area (Å²) in [5.41, 5.74) is 3.07. The average Bonchev–Trinajstić information content (AvgIpc) is 2.24. The van der Waals surface area contributed by atoms with Gasteiger partial charge in [-0.2, -0.15) is 0 Å². The minimum Gasteiger partial charge on any atom is -0.338 e. The van der Waals surface area contributed by atoms with Gasteiger partial charge < -0.3 is 4.90 Å². The number of nitrogens with zero attached hydrogens (tertiary/aromatic N) is 1. The van der Waals surface area contributed by atoms with Crippen molar-refractivity contribution < 1.29 is 4.79 Å². The normalized spacial score (nSPS) is 18.3. The van der Waals surface area contributed by atoms with Crippen molar-refractivity contribution in [3.8, 4) is 0 Å². The second-order valence-electron chi connectivity index (χ2n) is 7.80. The van der Waals surface area contributed by atoms with Crippen LogP contribution in [0.1, 0.15) is 67.7 Å². The molecule has 2 nitrogen and oxygen atoms in total. The van der Waals surface area contributed by atoms with Gasteiger partial charge in [0.1, 0.15) is 0 Å². The standard InChI is InChI=1S/C17H31NO/c1-8-9-10-18-12-14(17(5,6)7)13(11-15(18)19)16(2,3)4/h8-12H2,1-7H3. The van der Waals surface area contributed by atoms with Crippen molar-refractivity contribution in [3.05, 3.63) is 11.1 Å². The summed E-state index contributed by atoms with van der Waals surface area (Å²) in [6.07, 6.45) is 2.86. The lowest BCUT2D eigenvalue weighted by atomic mass is 9.72. The third kappa shape index (κ3) is 4.09. The Morgan fingerprint density at radius 1 is 1.00 bits per heavy atom. The summed E-state index contributed by atoms with van der Waals surface area (Å²) in [6.45, 7) is 17.4. The zero-order valence-corrected chi connectivity index (χ0v) is 13.9. The Bertz CT molecular complexity index is 366. The van der Waals surface area contributed by atoms with E-state index in [1.165, 1.54) is 11.1 Å². The van der Waals surface area contributed by atoms with E-state index in [4.69, 9.17) is 0 Å². The molecule has 0 fully saturated rings. The smallest absolute Gasteiger partial charge is 0.226 e. The number of carbonyl (C=O) groups excluding carboxylic acids is 1. The summed E-state index contributed by atoms with van der Waals surface area (Å²) in [6, 6.07) is 0. The van der Waals surface area contributed by atoms with Gasteiger partial charge in [-0.1, -0.05) is 60.5 Å². The van der Waals surface area contributed by atoms with Crippen LogP contribution in [0.5, 0.6) is 0 Å². The van der Waals surface area contributed by atoms with Crippen LogP contribution in [-0.4, -0.2) is 23.9 Å². The SMILES string of the molecule is CCCCN1CC(C(C)(C)C)=C(C(C)(C)C)CC1=O.